The molecule has 6 nitrogen and oxygen atoms in total. The zero-order valence-electron chi connectivity index (χ0n) is 40.7. The average molecular weight is 1100 g/mol. The number of nitrogens with zero attached hydrogens (tertiary/aromatic N) is 6. The van der Waals surface area contributed by atoms with E-state index in [1.165, 1.54) is 11.1 Å². The number of hydrogen-bond acceptors (Lipinski definition) is 4. The second-order valence-corrected chi connectivity index (χ2v) is 19.3. The normalized spacial score (nSPS) is 11.1. The minimum absolute atomic E-state index is 0. The molecular weight excluding hydrogens is 1040 g/mol. The first kappa shape index (κ1) is 49.2. The van der Waals surface area contributed by atoms with Crippen molar-refractivity contribution >= 4 is 0 Å². The number of hydrogen-bond donors (Lipinski definition) is 0. The summed E-state index contributed by atoms with van der Waals surface area (Å²) in [6, 6.07) is 72.0. The average Bonchev–Trinajstić information content (AvgIpc) is 4.10. The second kappa shape index (κ2) is 21.2. The van der Waals surface area contributed by atoms with Crippen LogP contribution in [0.25, 0.3) is 78.7 Å². The molecule has 349 valence electrons. The first-order chi connectivity index (χ1) is 33.9. The minimum Gasteiger partial charge on any atom is -0.339 e. The Morgan fingerprint density at radius 3 is 1.18 bits per heavy atom. The van der Waals surface area contributed by atoms with E-state index in [0.717, 1.165) is 78.7 Å². The molecule has 0 saturated carbocycles. The summed E-state index contributed by atoms with van der Waals surface area (Å²) in [5, 5.41) is 18.9. The fraction of sp³-hybridized carbons (Fsp3) is 0.125. The van der Waals surface area contributed by atoms with Crippen molar-refractivity contribution in [3.63, 3.8) is 0 Å². The van der Waals surface area contributed by atoms with E-state index in [9.17, 15) is 10.5 Å². The molecule has 0 spiro atoms. The topological polar surface area (TPSA) is 83.2 Å². The van der Waals surface area contributed by atoms with E-state index in [-0.39, 0.29) is 30.9 Å². The smallest absolute Gasteiger partial charge is 0.144 e. The van der Waals surface area contributed by atoms with Crippen molar-refractivity contribution in [1.29, 1.82) is 10.5 Å². The molecule has 0 unspecified atom stereocenters. The van der Waals surface area contributed by atoms with E-state index >= 15 is 0 Å². The third-order valence-corrected chi connectivity index (χ3v) is 12.5. The molecule has 0 fully saturated rings. The summed E-state index contributed by atoms with van der Waals surface area (Å²) in [6.45, 7) is 13.5. The van der Waals surface area contributed by atoms with Gasteiger partial charge < -0.3 is 4.57 Å². The molecule has 0 N–H and O–H groups in total. The summed E-state index contributed by atoms with van der Waals surface area (Å²) in [4.78, 5) is 9.43. The van der Waals surface area contributed by atoms with Gasteiger partial charge in [0.05, 0.1) is 34.9 Å². The summed E-state index contributed by atoms with van der Waals surface area (Å²) < 4.78 is 4.29. The van der Waals surface area contributed by atoms with Crippen LogP contribution in [0.15, 0.2) is 213 Å². The van der Waals surface area contributed by atoms with Crippen LogP contribution in [0.3, 0.4) is 0 Å². The quantitative estimate of drug-likeness (QED) is 0.142. The van der Waals surface area contributed by atoms with Crippen LogP contribution >= 0.6 is 0 Å². The first-order valence-electron chi connectivity index (χ1n) is 23.5. The maximum Gasteiger partial charge on any atom is 0.144 e. The van der Waals surface area contributed by atoms with Crippen molar-refractivity contribution in [3.05, 3.63) is 241 Å². The van der Waals surface area contributed by atoms with Crippen molar-refractivity contribution < 1.29 is 20.1 Å². The van der Waals surface area contributed by atoms with E-state index in [4.69, 9.17) is 9.97 Å². The molecule has 0 saturated heterocycles. The largest absolute Gasteiger partial charge is 0.339 e. The number of rotatable bonds is 8. The molecule has 0 atom stereocenters. The molecule has 10 rings (SSSR count). The van der Waals surface area contributed by atoms with Gasteiger partial charge in [-0.3, -0.25) is 9.55 Å². The fourth-order valence-electron chi connectivity index (χ4n) is 8.78. The molecule has 7 heteroatoms. The van der Waals surface area contributed by atoms with Gasteiger partial charge in [-0.1, -0.05) is 175 Å². The van der Waals surface area contributed by atoms with Gasteiger partial charge in [0.2, 0.25) is 0 Å². The standard InChI is InChI=1S/C32H27N3.C32H26N3.Ir/c2*1-32(2,3)27-20-28(24-12-6-4-7-13-24)30(29(21-27)25-14-8-5-9-15-25)35-18-17-34-31(35)26-16-10-11-23(19-26)22-33;/h4-21H,1-3H3;4-15,17-21H,1-3H3;/q;-1;. The molecule has 1 radical (unpaired) electrons. The molecule has 2 heterocycles. The fourth-order valence-corrected chi connectivity index (χ4v) is 8.78. The van der Waals surface area contributed by atoms with Crippen LogP contribution in [-0.4, -0.2) is 19.1 Å². The molecule has 2 aromatic heterocycles. The van der Waals surface area contributed by atoms with Gasteiger partial charge in [0.1, 0.15) is 5.82 Å². The molecule has 8 aromatic carbocycles. The van der Waals surface area contributed by atoms with Gasteiger partial charge in [-0.15, -0.1) is 29.8 Å². The Bertz CT molecular complexity index is 3150. The van der Waals surface area contributed by atoms with Crippen molar-refractivity contribution in [1.82, 2.24) is 19.1 Å². The van der Waals surface area contributed by atoms with E-state index in [2.05, 4.69) is 190 Å². The van der Waals surface area contributed by atoms with Crippen LogP contribution < -0.4 is 0 Å². The number of imidazole rings is 2. The van der Waals surface area contributed by atoms with Crippen LogP contribution in [0.2, 0.25) is 0 Å². The number of nitriles is 2. The van der Waals surface area contributed by atoms with Crippen molar-refractivity contribution in [2.75, 3.05) is 0 Å². The van der Waals surface area contributed by atoms with E-state index < -0.39 is 0 Å². The summed E-state index contributed by atoms with van der Waals surface area (Å²) in [5.41, 5.74) is 16.6. The summed E-state index contributed by atoms with van der Waals surface area (Å²) in [6.07, 6.45) is 7.64. The third kappa shape index (κ3) is 10.7. The van der Waals surface area contributed by atoms with Gasteiger partial charge in [0.15, 0.2) is 0 Å². The van der Waals surface area contributed by atoms with Crippen LogP contribution in [-0.2, 0) is 30.9 Å². The summed E-state index contributed by atoms with van der Waals surface area (Å²) in [5.74, 6) is 1.56. The SMILES string of the molecule is CC(C)(C)c1cc(-c2ccccc2)c(-n2ccnc2-c2[c-]ccc(C#N)c2)c(-c2ccccc2)c1.CC(C)(C)c1cc(-c2ccccc2)c(-n2ccnc2-c2cccc(C#N)c2)c(-c2ccccc2)c1.[Ir]. The maximum atomic E-state index is 9.46. The second-order valence-electron chi connectivity index (χ2n) is 19.3. The Kier molecular flexibility index (Phi) is 14.7. The van der Waals surface area contributed by atoms with E-state index in [1.54, 1.807) is 12.1 Å². The Morgan fingerprint density at radius 2 is 0.789 bits per heavy atom. The van der Waals surface area contributed by atoms with Crippen molar-refractivity contribution in [3.8, 4) is 90.8 Å². The number of aromatic nitrogens is 4. The molecule has 71 heavy (non-hydrogen) atoms. The molecule has 0 aliphatic carbocycles. The summed E-state index contributed by atoms with van der Waals surface area (Å²) >= 11 is 0. The minimum atomic E-state index is -0.0295. The number of benzene rings is 8. The molecule has 0 aliphatic rings. The zero-order chi connectivity index (χ0) is 48.8. The Hall–Kier alpha value is -8.19. The van der Waals surface area contributed by atoms with E-state index in [0.29, 0.717) is 11.1 Å². The van der Waals surface area contributed by atoms with Crippen LogP contribution in [0.4, 0.5) is 0 Å². The van der Waals surface area contributed by atoms with Gasteiger partial charge in [0.25, 0.3) is 0 Å². The van der Waals surface area contributed by atoms with Gasteiger partial charge in [0, 0.05) is 72.7 Å². The van der Waals surface area contributed by atoms with Crippen molar-refractivity contribution in [2.45, 2.75) is 52.4 Å². The third-order valence-electron chi connectivity index (χ3n) is 12.5. The van der Waals surface area contributed by atoms with Gasteiger partial charge in [-0.25, -0.2) is 4.98 Å². The predicted octanol–water partition coefficient (Wildman–Crippen LogP) is 15.9. The molecule has 0 aliphatic heterocycles. The van der Waals surface area contributed by atoms with Crippen LogP contribution in [0.5, 0.6) is 0 Å². The van der Waals surface area contributed by atoms with E-state index in [1.807, 2.05) is 79.4 Å². The molecule has 0 bridgehead atoms. The predicted molar refractivity (Wildman–Crippen MR) is 285 cm³/mol. The Balaban J connectivity index is 0.000000188. The van der Waals surface area contributed by atoms with Gasteiger partial charge in [-0.2, -0.15) is 10.5 Å². The molecular formula is C64H53IrN6-. The first-order valence-corrected chi connectivity index (χ1v) is 23.5. The van der Waals surface area contributed by atoms with Gasteiger partial charge in [-0.05, 0) is 86.2 Å². The van der Waals surface area contributed by atoms with Crippen LogP contribution in [0, 0.1) is 28.7 Å². The van der Waals surface area contributed by atoms with Crippen LogP contribution in [0.1, 0.15) is 63.8 Å². The van der Waals surface area contributed by atoms with Gasteiger partial charge >= 0.3 is 0 Å². The Labute approximate surface area is 431 Å². The monoisotopic (exact) mass is 1100 g/mol. The van der Waals surface area contributed by atoms with Crippen molar-refractivity contribution in [2.24, 2.45) is 0 Å². The zero-order valence-corrected chi connectivity index (χ0v) is 43.1. The Morgan fingerprint density at radius 1 is 0.423 bits per heavy atom. The summed E-state index contributed by atoms with van der Waals surface area (Å²) in [7, 11) is 0. The maximum absolute atomic E-state index is 9.46. The molecule has 0 amide bonds. The molecule has 10 aromatic rings.